The molecule has 0 bridgehead atoms. The second kappa shape index (κ2) is 6.83. The Bertz CT molecular complexity index is 752. The maximum absolute atomic E-state index is 12.3. The molecular weight excluding hydrogens is 312 g/mol. The van der Waals surface area contributed by atoms with Crippen LogP contribution >= 0.6 is 11.3 Å². The van der Waals surface area contributed by atoms with E-state index in [2.05, 4.69) is 10.3 Å². The lowest BCUT2D eigenvalue weighted by Crippen LogP contribution is -2.28. The van der Waals surface area contributed by atoms with E-state index in [0.717, 1.165) is 16.3 Å². The van der Waals surface area contributed by atoms with E-state index in [0.29, 0.717) is 30.2 Å². The van der Waals surface area contributed by atoms with E-state index in [-0.39, 0.29) is 12.5 Å². The molecule has 3 rings (SSSR count). The van der Waals surface area contributed by atoms with Crippen LogP contribution in [-0.4, -0.2) is 24.1 Å². The van der Waals surface area contributed by atoms with E-state index in [1.165, 1.54) is 0 Å². The molecule has 1 aromatic carbocycles. The fourth-order valence-electron chi connectivity index (χ4n) is 2.33. The average Bonchev–Trinajstić information content (AvgIpc) is 2.98. The minimum absolute atomic E-state index is 0.134. The molecule has 6 heteroatoms. The highest BCUT2D eigenvalue weighted by molar-refractivity contribution is 7.09. The first-order valence-electron chi connectivity index (χ1n) is 7.45. The predicted octanol–water partition coefficient (Wildman–Crippen LogP) is 2.94. The third-order valence-corrected chi connectivity index (χ3v) is 4.34. The number of benzene rings is 1. The molecule has 0 saturated heterocycles. The second-order valence-electron chi connectivity index (χ2n) is 5.13. The van der Waals surface area contributed by atoms with Gasteiger partial charge >= 0.3 is 0 Å². The summed E-state index contributed by atoms with van der Waals surface area (Å²) in [6.07, 6.45) is 1.85. The standard InChI is InChI=1S/C17H18N2O3S/c1-3-21-14-6-4-5-12-7-13(9-22-16(12)14)17(20)18-8-15-19-11(2)10-23-15/h4-7,10H,3,8-9H2,1-2H3,(H,18,20). The molecule has 0 unspecified atom stereocenters. The molecule has 1 aromatic heterocycles. The second-order valence-corrected chi connectivity index (χ2v) is 6.07. The molecule has 0 saturated carbocycles. The number of carbonyl (C=O) groups excluding carboxylic acids is 1. The van der Waals surface area contributed by atoms with E-state index in [1.54, 1.807) is 11.3 Å². The van der Waals surface area contributed by atoms with Gasteiger partial charge in [-0.1, -0.05) is 12.1 Å². The van der Waals surface area contributed by atoms with Gasteiger partial charge in [0, 0.05) is 16.6 Å². The van der Waals surface area contributed by atoms with Gasteiger partial charge < -0.3 is 14.8 Å². The van der Waals surface area contributed by atoms with Crippen LogP contribution in [0.1, 0.15) is 23.2 Å². The summed E-state index contributed by atoms with van der Waals surface area (Å²) < 4.78 is 11.3. The Hall–Kier alpha value is -2.34. The third-order valence-electron chi connectivity index (χ3n) is 3.37. The first kappa shape index (κ1) is 15.6. The molecule has 0 spiro atoms. The van der Waals surface area contributed by atoms with Crippen LogP contribution in [0.4, 0.5) is 0 Å². The Kier molecular flexibility index (Phi) is 4.62. The summed E-state index contributed by atoms with van der Waals surface area (Å²) in [5, 5.41) is 5.75. The number of nitrogens with one attached hydrogen (secondary N) is 1. The molecule has 1 aliphatic heterocycles. The largest absolute Gasteiger partial charge is 0.490 e. The molecule has 1 amide bonds. The van der Waals surface area contributed by atoms with Crippen molar-refractivity contribution in [3.63, 3.8) is 0 Å². The van der Waals surface area contributed by atoms with Crippen molar-refractivity contribution in [3.05, 3.63) is 45.4 Å². The van der Waals surface area contributed by atoms with Gasteiger partial charge in [-0.15, -0.1) is 11.3 Å². The minimum Gasteiger partial charge on any atom is -0.490 e. The van der Waals surface area contributed by atoms with Crippen LogP contribution in [0.5, 0.6) is 11.5 Å². The summed E-state index contributed by atoms with van der Waals surface area (Å²) in [6, 6.07) is 5.67. The molecule has 2 aromatic rings. The highest BCUT2D eigenvalue weighted by atomic mass is 32.1. The van der Waals surface area contributed by atoms with E-state index >= 15 is 0 Å². The van der Waals surface area contributed by atoms with Crippen molar-refractivity contribution in [1.82, 2.24) is 10.3 Å². The third kappa shape index (κ3) is 3.53. The van der Waals surface area contributed by atoms with Crippen LogP contribution in [0.2, 0.25) is 0 Å². The van der Waals surface area contributed by atoms with Crippen molar-refractivity contribution in [2.24, 2.45) is 0 Å². The van der Waals surface area contributed by atoms with Gasteiger partial charge in [-0.25, -0.2) is 4.98 Å². The van der Waals surface area contributed by atoms with Gasteiger partial charge in [0.05, 0.1) is 18.7 Å². The molecule has 2 heterocycles. The topological polar surface area (TPSA) is 60.5 Å². The number of rotatable bonds is 5. The van der Waals surface area contributed by atoms with Crippen molar-refractivity contribution in [3.8, 4) is 11.5 Å². The zero-order valence-corrected chi connectivity index (χ0v) is 13.9. The molecular formula is C17H18N2O3S. The van der Waals surface area contributed by atoms with Crippen LogP contribution in [0, 0.1) is 6.92 Å². The molecule has 0 atom stereocenters. The maximum atomic E-state index is 12.3. The number of aromatic nitrogens is 1. The van der Waals surface area contributed by atoms with Gasteiger partial charge in [0.2, 0.25) is 0 Å². The zero-order valence-electron chi connectivity index (χ0n) is 13.1. The van der Waals surface area contributed by atoms with Crippen molar-refractivity contribution >= 4 is 23.3 Å². The van der Waals surface area contributed by atoms with Gasteiger partial charge in [-0.05, 0) is 26.0 Å². The van der Waals surface area contributed by atoms with Gasteiger partial charge in [-0.3, -0.25) is 4.79 Å². The van der Waals surface area contributed by atoms with Gasteiger partial charge in [0.15, 0.2) is 11.5 Å². The summed E-state index contributed by atoms with van der Waals surface area (Å²) in [6.45, 7) is 5.11. The van der Waals surface area contributed by atoms with Crippen LogP contribution in [0.15, 0.2) is 29.2 Å². The Morgan fingerprint density at radius 3 is 3.09 bits per heavy atom. The summed E-state index contributed by atoms with van der Waals surface area (Å²) in [5.74, 6) is 1.27. The molecule has 5 nitrogen and oxygen atoms in total. The molecule has 0 aliphatic carbocycles. The number of para-hydroxylation sites is 1. The number of hydrogen-bond donors (Lipinski definition) is 1. The van der Waals surface area contributed by atoms with Gasteiger partial charge in [0.1, 0.15) is 11.6 Å². The normalized spacial score (nSPS) is 12.9. The lowest BCUT2D eigenvalue weighted by atomic mass is 10.1. The van der Waals surface area contributed by atoms with Crippen molar-refractivity contribution < 1.29 is 14.3 Å². The first-order valence-corrected chi connectivity index (χ1v) is 8.33. The molecule has 1 N–H and O–H groups in total. The van der Waals surface area contributed by atoms with E-state index in [1.807, 2.05) is 43.5 Å². The van der Waals surface area contributed by atoms with E-state index < -0.39 is 0 Å². The highest BCUT2D eigenvalue weighted by Gasteiger charge is 2.20. The number of carbonyl (C=O) groups is 1. The Morgan fingerprint density at radius 1 is 1.48 bits per heavy atom. The van der Waals surface area contributed by atoms with Crippen LogP contribution in [0.25, 0.3) is 6.08 Å². The molecule has 0 fully saturated rings. The fraction of sp³-hybridized carbons (Fsp3) is 0.294. The van der Waals surface area contributed by atoms with E-state index in [4.69, 9.17) is 9.47 Å². The van der Waals surface area contributed by atoms with Gasteiger partial charge in [0.25, 0.3) is 5.91 Å². The summed E-state index contributed by atoms with van der Waals surface area (Å²) in [5.41, 5.74) is 2.42. The summed E-state index contributed by atoms with van der Waals surface area (Å²) >= 11 is 1.54. The predicted molar refractivity (Wildman–Crippen MR) is 89.8 cm³/mol. The number of amides is 1. The Balaban J connectivity index is 1.71. The van der Waals surface area contributed by atoms with Crippen LogP contribution in [0.3, 0.4) is 0 Å². The quantitative estimate of drug-likeness (QED) is 0.916. The average molecular weight is 330 g/mol. The van der Waals surface area contributed by atoms with Crippen LogP contribution in [-0.2, 0) is 11.3 Å². The van der Waals surface area contributed by atoms with E-state index in [9.17, 15) is 4.79 Å². The van der Waals surface area contributed by atoms with Crippen molar-refractivity contribution in [1.29, 1.82) is 0 Å². The highest BCUT2D eigenvalue weighted by Crippen LogP contribution is 2.35. The number of nitrogens with zero attached hydrogens (tertiary/aromatic N) is 1. The van der Waals surface area contributed by atoms with Gasteiger partial charge in [-0.2, -0.15) is 0 Å². The lowest BCUT2D eigenvalue weighted by molar-refractivity contribution is -0.117. The number of fused-ring (bicyclic) bond motifs is 1. The smallest absolute Gasteiger partial charge is 0.251 e. The molecule has 0 radical (unpaired) electrons. The summed E-state index contributed by atoms with van der Waals surface area (Å²) in [7, 11) is 0. The monoisotopic (exact) mass is 330 g/mol. The molecule has 1 aliphatic rings. The molecule has 120 valence electrons. The SMILES string of the molecule is CCOc1cccc2c1OCC(C(=O)NCc1nc(C)cs1)=C2. The number of ether oxygens (including phenoxy) is 2. The van der Waals surface area contributed by atoms with Crippen LogP contribution < -0.4 is 14.8 Å². The van der Waals surface area contributed by atoms with Crippen molar-refractivity contribution in [2.45, 2.75) is 20.4 Å². The lowest BCUT2D eigenvalue weighted by Gasteiger charge is -2.20. The van der Waals surface area contributed by atoms with Crippen molar-refractivity contribution in [2.75, 3.05) is 13.2 Å². The molecule has 23 heavy (non-hydrogen) atoms. The number of thiazole rings is 1. The minimum atomic E-state index is -0.134. The Morgan fingerprint density at radius 2 is 2.35 bits per heavy atom. The maximum Gasteiger partial charge on any atom is 0.251 e. The fourth-order valence-corrected chi connectivity index (χ4v) is 3.05. The zero-order chi connectivity index (χ0) is 16.2. The number of aryl methyl sites for hydroxylation is 1. The summed E-state index contributed by atoms with van der Waals surface area (Å²) in [4.78, 5) is 16.6. The number of hydrogen-bond acceptors (Lipinski definition) is 5. The Labute approximate surface area is 139 Å². The first-order chi connectivity index (χ1) is 11.2.